The summed E-state index contributed by atoms with van der Waals surface area (Å²) >= 11 is 0. The van der Waals surface area contributed by atoms with Gasteiger partial charge in [-0.05, 0) is 19.3 Å². The van der Waals surface area contributed by atoms with Crippen molar-refractivity contribution >= 4 is 12.3 Å². The normalized spacial score (nSPS) is 16.2. The first kappa shape index (κ1) is 15.9. The maximum Gasteiger partial charge on any atom is 0.239 e. The molecular formula is C13H25N3O3. The highest BCUT2D eigenvalue weighted by Crippen LogP contribution is 2.24. The summed E-state index contributed by atoms with van der Waals surface area (Å²) in [5, 5.41) is 11.6. The molecule has 0 heterocycles. The van der Waals surface area contributed by atoms with Crippen molar-refractivity contribution in [3.05, 3.63) is 0 Å². The van der Waals surface area contributed by atoms with Crippen LogP contribution in [0.4, 0.5) is 0 Å². The molecule has 0 aromatic carbocycles. The monoisotopic (exact) mass is 271 g/mol. The third-order valence-corrected chi connectivity index (χ3v) is 3.44. The Morgan fingerprint density at radius 3 is 2.68 bits per heavy atom. The van der Waals surface area contributed by atoms with E-state index in [1.807, 2.05) is 12.1 Å². The van der Waals surface area contributed by atoms with Gasteiger partial charge in [0.05, 0.1) is 12.5 Å². The van der Waals surface area contributed by atoms with Crippen LogP contribution >= 0.6 is 0 Å². The molecule has 1 saturated carbocycles. The molecule has 0 aromatic heterocycles. The topological polar surface area (TPSA) is 72.9 Å². The average molecular weight is 271 g/mol. The number of rotatable bonds is 10. The number of amides is 2. The molecular weight excluding hydrogens is 246 g/mol. The minimum atomic E-state index is -0.358. The number of unbranched alkanes of at least 4 members (excludes halogenated alkanes) is 2. The summed E-state index contributed by atoms with van der Waals surface area (Å²) in [6, 6.07) is 0.441. The zero-order chi connectivity index (χ0) is 14.3. The van der Waals surface area contributed by atoms with Crippen molar-refractivity contribution in [2.45, 2.75) is 51.5 Å². The van der Waals surface area contributed by atoms with Crippen LogP contribution in [-0.4, -0.2) is 47.2 Å². The summed E-state index contributed by atoms with van der Waals surface area (Å²) in [4.78, 5) is 22.6. The largest absolute Gasteiger partial charge is 0.289 e. The van der Waals surface area contributed by atoms with E-state index in [2.05, 4.69) is 12.3 Å². The Morgan fingerprint density at radius 1 is 1.47 bits per heavy atom. The standard InChI is InChI=1S/C13H25N3O3/c1-3-4-5-6-11(9-16(19)10-17)13(18)14-15(2)12-7-8-12/h10-12,19H,3-9H2,1-2H3,(H,14,18)/t11-/m1/s1. The van der Waals surface area contributed by atoms with Gasteiger partial charge in [0.1, 0.15) is 0 Å². The van der Waals surface area contributed by atoms with Crippen molar-refractivity contribution in [3.63, 3.8) is 0 Å². The van der Waals surface area contributed by atoms with Crippen LogP contribution in [0.2, 0.25) is 0 Å². The van der Waals surface area contributed by atoms with Crippen LogP contribution in [0.3, 0.4) is 0 Å². The Kier molecular flexibility index (Phi) is 6.80. The van der Waals surface area contributed by atoms with Crippen molar-refractivity contribution in [2.24, 2.45) is 5.92 Å². The van der Waals surface area contributed by atoms with E-state index >= 15 is 0 Å². The number of carbonyl (C=O) groups excluding carboxylic acids is 2. The minimum Gasteiger partial charge on any atom is -0.289 e. The van der Waals surface area contributed by atoms with E-state index in [0.717, 1.165) is 32.1 Å². The first-order valence-corrected chi connectivity index (χ1v) is 7.02. The first-order valence-electron chi connectivity index (χ1n) is 7.02. The van der Waals surface area contributed by atoms with Crippen LogP contribution in [0.1, 0.15) is 45.4 Å². The Hall–Kier alpha value is -1.14. The second-order valence-corrected chi connectivity index (χ2v) is 5.24. The number of hydrogen-bond donors (Lipinski definition) is 2. The summed E-state index contributed by atoms with van der Waals surface area (Å²) < 4.78 is 0. The maximum absolute atomic E-state index is 12.1. The van der Waals surface area contributed by atoms with Gasteiger partial charge in [-0.15, -0.1) is 0 Å². The molecule has 0 aliphatic heterocycles. The lowest BCUT2D eigenvalue weighted by Gasteiger charge is -2.23. The number of nitrogens with zero attached hydrogens (tertiary/aromatic N) is 2. The van der Waals surface area contributed by atoms with Gasteiger partial charge in [-0.3, -0.25) is 20.2 Å². The van der Waals surface area contributed by atoms with E-state index in [1.54, 1.807) is 0 Å². The molecule has 1 rings (SSSR count). The molecule has 0 radical (unpaired) electrons. The average Bonchev–Trinajstić information content (AvgIpc) is 3.21. The predicted molar refractivity (Wildman–Crippen MR) is 71.1 cm³/mol. The van der Waals surface area contributed by atoms with Gasteiger partial charge in [-0.25, -0.2) is 10.1 Å². The van der Waals surface area contributed by atoms with Gasteiger partial charge >= 0.3 is 0 Å². The molecule has 19 heavy (non-hydrogen) atoms. The quantitative estimate of drug-likeness (QED) is 0.271. The number of hydroxylamine groups is 2. The van der Waals surface area contributed by atoms with Gasteiger partial charge in [0.15, 0.2) is 0 Å². The molecule has 6 heteroatoms. The second kappa shape index (κ2) is 8.12. The number of hydrogen-bond acceptors (Lipinski definition) is 4. The third kappa shape index (κ3) is 6.02. The molecule has 2 N–H and O–H groups in total. The fourth-order valence-corrected chi connectivity index (χ4v) is 2.03. The van der Waals surface area contributed by atoms with Gasteiger partial charge in [-0.1, -0.05) is 26.2 Å². The van der Waals surface area contributed by atoms with E-state index in [0.29, 0.717) is 23.9 Å². The molecule has 0 spiro atoms. The SMILES string of the molecule is CCCCC[C@H](CN(O)C=O)C(=O)NN(C)C1CC1. The van der Waals surface area contributed by atoms with Gasteiger partial charge in [0.2, 0.25) is 12.3 Å². The molecule has 0 saturated heterocycles. The zero-order valence-corrected chi connectivity index (χ0v) is 11.8. The maximum atomic E-state index is 12.1. The van der Waals surface area contributed by atoms with Crippen LogP contribution in [0.25, 0.3) is 0 Å². The predicted octanol–water partition coefficient (Wildman–Crippen LogP) is 1.16. The van der Waals surface area contributed by atoms with Crippen molar-refractivity contribution in [1.29, 1.82) is 0 Å². The molecule has 2 amide bonds. The zero-order valence-electron chi connectivity index (χ0n) is 11.8. The van der Waals surface area contributed by atoms with Gasteiger partial charge in [-0.2, -0.15) is 0 Å². The molecule has 1 aliphatic rings. The van der Waals surface area contributed by atoms with E-state index in [4.69, 9.17) is 0 Å². The van der Waals surface area contributed by atoms with E-state index in [1.165, 1.54) is 0 Å². The number of carbonyl (C=O) groups is 2. The Balaban J connectivity index is 2.43. The molecule has 0 bridgehead atoms. The summed E-state index contributed by atoms with van der Waals surface area (Å²) in [7, 11) is 1.86. The summed E-state index contributed by atoms with van der Waals surface area (Å²) in [5.74, 6) is -0.477. The Labute approximate surface area is 114 Å². The van der Waals surface area contributed by atoms with Crippen LogP contribution in [0.15, 0.2) is 0 Å². The van der Waals surface area contributed by atoms with E-state index in [-0.39, 0.29) is 18.4 Å². The molecule has 0 aromatic rings. The molecule has 1 fully saturated rings. The van der Waals surface area contributed by atoms with Crippen LogP contribution in [-0.2, 0) is 9.59 Å². The molecule has 0 unspecified atom stereocenters. The van der Waals surface area contributed by atoms with Crippen LogP contribution < -0.4 is 5.43 Å². The van der Waals surface area contributed by atoms with Gasteiger partial charge in [0.25, 0.3) is 0 Å². The lowest BCUT2D eigenvalue weighted by atomic mass is 10.0. The highest BCUT2D eigenvalue weighted by Gasteiger charge is 2.29. The molecule has 110 valence electrons. The Bertz CT molecular complexity index is 295. The van der Waals surface area contributed by atoms with Crippen molar-refractivity contribution < 1.29 is 14.8 Å². The molecule has 1 atom stereocenters. The lowest BCUT2D eigenvalue weighted by molar-refractivity contribution is -0.155. The summed E-state index contributed by atoms with van der Waals surface area (Å²) in [6.07, 6.45) is 6.29. The summed E-state index contributed by atoms with van der Waals surface area (Å²) in [6.45, 7) is 2.15. The third-order valence-electron chi connectivity index (χ3n) is 3.44. The van der Waals surface area contributed by atoms with Crippen molar-refractivity contribution in [2.75, 3.05) is 13.6 Å². The fourth-order valence-electron chi connectivity index (χ4n) is 2.03. The highest BCUT2D eigenvalue weighted by molar-refractivity contribution is 5.78. The van der Waals surface area contributed by atoms with Crippen molar-refractivity contribution in [3.8, 4) is 0 Å². The molecule has 6 nitrogen and oxygen atoms in total. The Morgan fingerprint density at radius 2 is 2.16 bits per heavy atom. The second-order valence-electron chi connectivity index (χ2n) is 5.24. The number of hydrazine groups is 1. The van der Waals surface area contributed by atoms with Crippen molar-refractivity contribution in [1.82, 2.24) is 15.5 Å². The lowest BCUT2D eigenvalue weighted by Crippen LogP contribution is -2.46. The van der Waals surface area contributed by atoms with E-state index < -0.39 is 0 Å². The number of nitrogens with one attached hydrogen (secondary N) is 1. The van der Waals surface area contributed by atoms with Crippen LogP contribution in [0, 0.1) is 5.92 Å². The highest BCUT2D eigenvalue weighted by atomic mass is 16.5. The van der Waals surface area contributed by atoms with E-state index in [9.17, 15) is 14.8 Å². The molecule has 1 aliphatic carbocycles. The van der Waals surface area contributed by atoms with Gasteiger partial charge in [0, 0.05) is 13.1 Å². The minimum absolute atomic E-state index is 0.0531. The smallest absolute Gasteiger partial charge is 0.239 e. The summed E-state index contributed by atoms with van der Waals surface area (Å²) in [5.41, 5.74) is 2.84. The van der Waals surface area contributed by atoms with Crippen LogP contribution in [0.5, 0.6) is 0 Å². The van der Waals surface area contributed by atoms with Gasteiger partial charge < -0.3 is 0 Å². The fraction of sp³-hybridized carbons (Fsp3) is 0.846. The first-order chi connectivity index (χ1) is 9.08.